The molecule has 0 aliphatic rings. The molecule has 0 radical (unpaired) electrons. The molecule has 1 aromatic carbocycles. The highest BCUT2D eigenvalue weighted by molar-refractivity contribution is 5.69. The zero-order valence-electron chi connectivity index (χ0n) is 11.8. The van der Waals surface area contributed by atoms with Gasteiger partial charge in [-0.3, -0.25) is 9.69 Å². The van der Waals surface area contributed by atoms with Crippen molar-refractivity contribution in [3.8, 4) is 0 Å². The summed E-state index contributed by atoms with van der Waals surface area (Å²) in [7, 11) is 0. The first-order chi connectivity index (χ1) is 10.0. The molecular formula is C16H18FNO3. The first-order valence-electron chi connectivity index (χ1n) is 6.76. The Morgan fingerprint density at radius 2 is 2.14 bits per heavy atom. The number of aliphatic carboxylic acids is 1. The number of hydrogen-bond donors (Lipinski definition) is 1. The van der Waals surface area contributed by atoms with Crippen LogP contribution in [-0.2, 0) is 17.9 Å². The van der Waals surface area contributed by atoms with E-state index in [2.05, 4.69) is 0 Å². The maximum atomic E-state index is 13.3. The molecule has 0 aliphatic heterocycles. The molecule has 1 unspecified atom stereocenters. The number of hydrogen-bond acceptors (Lipinski definition) is 3. The number of rotatable bonds is 7. The summed E-state index contributed by atoms with van der Waals surface area (Å²) in [5.41, 5.74) is 0.805. The lowest BCUT2D eigenvalue weighted by Gasteiger charge is -2.23. The smallest absolute Gasteiger partial charge is 0.307 e. The van der Waals surface area contributed by atoms with Gasteiger partial charge in [0.2, 0.25) is 0 Å². The highest BCUT2D eigenvalue weighted by Crippen LogP contribution is 2.14. The third-order valence-electron chi connectivity index (χ3n) is 3.21. The Bertz CT molecular complexity index is 583. The largest absolute Gasteiger partial charge is 0.481 e. The van der Waals surface area contributed by atoms with E-state index in [4.69, 9.17) is 9.52 Å². The molecule has 0 saturated carbocycles. The van der Waals surface area contributed by atoms with Crippen molar-refractivity contribution >= 4 is 5.97 Å². The summed E-state index contributed by atoms with van der Waals surface area (Å²) in [5, 5.41) is 9.06. The fourth-order valence-electron chi connectivity index (χ4n) is 2.17. The molecule has 112 valence electrons. The first-order valence-corrected chi connectivity index (χ1v) is 6.76. The number of carboxylic acid groups (broad SMARTS) is 1. The fraction of sp³-hybridized carbons (Fsp3) is 0.312. The lowest BCUT2D eigenvalue weighted by Crippen LogP contribution is -2.31. The van der Waals surface area contributed by atoms with Gasteiger partial charge in [0.25, 0.3) is 0 Å². The molecule has 2 rings (SSSR count). The van der Waals surface area contributed by atoms with Crippen molar-refractivity contribution in [2.45, 2.75) is 20.0 Å². The van der Waals surface area contributed by atoms with E-state index in [0.29, 0.717) is 19.6 Å². The van der Waals surface area contributed by atoms with Crippen LogP contribution >= 0.6 is 0 Å². The summed E-state index contributed by atoms with van der Waals surface area (Å²) in [5.74, 6) is -0.895. The second kappa shape index (κ2) is 7.04. The number of carboxylic acids is 1. The monoisotopic (exact) mass is 291 g/mol. The van der Waals surface area contributed by atoms with E-state index in [9.17, 15) is 9.18 Å². The minimum atomic E-state index is -0.848. The molecule has 21 heavy (non-hydrogen) atoms. The summed E-state index contributed by atoms with van der Waals surface area (Å²) < 4.78 is 18.6. The van der Waals surface area contributed by atoms with Crippen LogP contribution < -0.4 is 0 Å². The molecule has 0 amide bonds. The maximum Gasteiger partial charge on any atom is 0.307 e. The van der Waals surface area contributed by atoms with Gasteiger partial charge in [-0.05, 0) is 29.8 Å². The maximum absolute atomic E-state index is 13.3. The Hall–Kier alpha value is -2.14. The third-order valence-corrected chi connectivity index (χ3v) is 3.21. The van der Waals surface area contributed by atoms with Gasteiger partial charge in [0.05, 0.1) is 18.7 Å². The molecule has 2 aromatic rings. The van der Waals surface area contributed by atoms with Gasteiger partial charge in [0.15, 0.2) is 0 Å². The van der Waals surface area contributed by atoms with Crippen LogP contribution in [0, 0.1) is 11.7 Å². The lowest BCUT2D eigenvalue weighted by molar-refractivity contribution is -0.141. The minimum absolute atomic E-state index is 0.295. The molecule has 1 N–H and O–H groups in total. The van der Waals surface area contributed by atoms with Crippen molar-refractivity contribution in [1.29, 1.82) is 0 Å². The predicted molar refractivity (Wildman–Crippen MR) is 76.0 cm³/mol. The molecule has 0 saturated heterocycles. The molecule has 0 aliphatic carbocycles. The normalized spacial score (nSPS) is 12.5. The van der Waals surface area contributed by atoms with Crippen LogP contribution in [0.4, 0.5) is 4.39 Å². The molecular weight excluding hydrogens is 273 g/mol. The van der Waals surface area contributed by atoms with Crippen LogP contribution in [0.5, 0.6) is 0 Å². The Kier molecular flexibility index (Phi) is 5.11. The number of carbonyl (C=O) groups is 1. The topological polar surface area (TPSA) is 53.7 Å². The summed E-state index contributed by atoms with van der Waals surface area (Å²) in [4.78, 5) is 13.0. The van der Waals surface area contributed by atoms with E-state index >= 15 is 0 Å². The Morgan fingerprint density at radius 3 is 2.76 bits per heavy atom. The minimum Gasteiger partial charge on any atom is -0.481 e. The molecule has 0 fully saturated rings. The SMILES string of the molecule is CC(CN(Cc1cccc(F)c1)Cc1ccco1)C(=O)O. The van der Waals surface area contributed by atoms with Gasteiger partial charge >= 0.3 is 5.97 Å². The summed E-state index contributed by atoms with van der Waals surface area (Å²) in [6.45, 7) is 2.98. The molecule has 4 nitrogen and oxygen atoms in total. The van der Waals surface area contributed by atoms with Gasteiger partial charge in [0, 0.05) is 13.1 Å². The Balaban J connectivity index is 2.09. The Morgan fingerprint density at radius 1 is 1.33 bits per heavy atom. The van der Waals surface area contributed by atoms with Gasteiger partial charge in [-0.2, -0.15) is 0 Å². The van der Waals surface area contributed by atoms with E-state index in [1.165, 1.54) is 12.1 Å². The summed E-state index contributed by atoms with van der Waals surface area (Å²) >= 11 is 0. The van der Waals surface area contributed by atoms with E-state index in [1.807, 2.05) is 17.0 Å². The standard InChI is InChI=1S/C16H18FNO3/c1-12(16(19)20)9-18(11-15-6-3-7-21-15)10-13-4-2-5-14(17)8-13/h2-8,12H,9-11H2,1H3,(H,19,20). The van der Waals surface area contributed by atoms with Crippen LogP contribution in [0.2, 0.25) is 0 Å². The van der Waals surface area contributed by atoms with E-state index in [-0.39, 0.29) is 5.82 Å². The van der Waals surface area contributed by atoms with E-state index in [1.54, 1.807) is 25.3 Å². The van der Waals surface area contributed by atoms with Crippen molar-refractivity contribution in [3.63, 3.8) is 0 Å². The number of nitrogens with zero attached hydrogens (tertiary/aromatic N) is 1. The van der Waals surface area contributed by atoms with E-state index in [0.717, 1.165) is 11.3 Å². The van der Waals surface area contributed by atoms with Crippen LogP contribution in [0.15, 0.2) is 47.1 Å². The molecule has 5 heteroatoms. The van der Waals surface area contributed by atoms with Crippen molar-refractivity contribution in [2.24, 2.45) is 5.92 Å². The van der Waals surface area contributed by atoms with Gasteiger partial charge in [-0.15, -0.1) is 0 Å². The number of benzene rings is 1. The Labute approximate surface area is 122 Å². The highest BCUT2D eigenvalue weighted by atomic mass is 19.1. The molecule has 0 spiro atoms. The molecule has 1 aromatic heterocycles. The summed E-state index contributed by atoms with van der Waals surface area (Å²) in [6, 6.07) is 9.95. The molecule has 1 atom stereocenters. The lowest BCUT2D eigenvalue weighted by atomic mass is 10.1. The van der Waals surface area contributed by atoms with Gasteiger partial charge < -0.3 is 9.52 Å². The summed E-state index contributed by atoms with van der Waals surface area (Å²) in [6.07, 6.45) is 1.58. The van der Waals surface area contributed by atoms with E-state index < -0.39 is 11.9 Å². The van der Waals surface area contributed by atoms with Gasteiger partial charge in [0.1, 0.15) is 11.6 Å². The average molecular weight is 291 g/mol. The van der Waals surface area contributed by atoms with Crippen LogP contribution in [0.3, 0.4) is 0 Å². The van der Waals surface area contributed by atoms with Crippen molar-refractivity contribution < 1.29 is 18.7 Å². The van der Waals surface area contributed by atoms with Crippen LogP contribution in [0.25, 0.3) is 0 Å². The van der Waals surface area contributed by atoms with Gasteiger partial charge in [-0.1, -0.05) is 19.1 Å². The molecule has 1 heterocycles. The number of halogens is 1. The predicted octanol–water partition coefficient (Wildman–Crippen LogP) is 3.14. The van der Waals surface area contributed by atoms with Crippen molar-refractivity contribution in [1.82, 2.24) is 4.90 Å². The molecule has 0 bridgehead atoms. The zero-order chi connectivity index (χ0) is 15.2. The zero-order valence-corrected chi connectivity index (χ0v) is 11.8. The number of furan rings is 1. The van der Waals surface area contributed by atoms with Gasteiger partial charge in [-0.25, -0.2) is 4.39 Å². The van der Waals surface area contributed by atoms with Crippen LogP contribution in [0.1, 0.15) is 18.2 Å². The van der Waals surface area contributed by atoms with Crippen molar-refractivity contribution in [2.75, 3.05) is 6.54 Å². The second-order valence-corrected chi connectivity index (χ2v) is 5.12. The first kappa shape index (κ1) is 15.3. The third kappa shape index (κ3) is 4.72. The average Bonchev–Trinajstić information content (AvgIpc) is 2.91. The highest BCUT2D eigenvalue weighted by Gasteiger charge is 2.17. The van der Waals surface area contributed by atoms with Crippen LogP contribution in [-0.4, -0.2) is 22.5 Å². The second-order valence-electron chi connectivity index (χ2n) is 5.12. The fourth-order valence-corrected chi connectivity index (χ4v) is 2.17. The van der Waals surface area contributed by atoms with Crippen molar-refractivity contribution in [3.05, 3.63) is 59.8 Å². The quantitative estimate of drug-likeness (QED) is 0.851.